The third-order valence-corrected chi connectivity index (χ3v) is 6.56. The number of benzene rings is 3. The number of amides is 1. The minimum absolute atomic E-state index is 0.0109. The van der Waals surface area contributed by atoms with Gasteiger partial charge in [-0.05, 0) is 59.9 Å². The molecule has 0 fully saturated rings. The molecule has 36 heavy (non-hydrogen) atoms. The van der Waals surface area contributed by atoms with Crippen molar-refractivity contribution in [3.8, 4) is 5.75 Å². The molecule has 0 unspecified atom stereocenters. The highest BCUT2D eigenvalue weighted by molar-refractivity contribution is 6.30. The van der Waals surface area contributed by atoms with E-state index in [9.17, 15) is 23.5 Å². The van der Waals surface area contributed by atoms with E-state index in [0.717, 1.165) is 16.7 Å². The van der Waals surface area contributed by atoms with Gasteiger partial charge >= 0.3 is 5.97 Å². The number of nitrogens with zero attached hydrogens (tertiary/aromatic N) is 1. The molecule has 3 aromatic rings. The molecule has 1 heterocycles. The van der Waals surface area contributed by atoms with Crippen molar-refractivity contribution in [2.24, 2.45) is 0 Å². The number of halogens is 3. The number of carbonyl (C=O) groups is 2. The molecule has 0 aliphatic carbocycles. The molecule has 1 N–H and O–H groups in total. The summed E-state index contributed by atoms with van der Waals surface area (Å²) in [5.41, 5.74) is 2.26. The average Bonchev–Trinajstić information content (AvgIpc) is 3.14. The second kappa shape index (κ2) is 10.7. The van der Waals surface area contributed by atoms with Gasteiger partial charge in [0, 0.05) is 19.4 Å². The summed E-state index contributed by atoms with van der Waals surface area (Å²) in [4.78, 5) is 25.6. The Balaban J connectivity index is 1.42. The van der Waals surface area contributed by atoms with E-state index in [1.165, 1.54) is 23.1 Å². The molecule has 3 aromatic carbocycles. The zero-order chi connectivity index (χ0) is 25.9. The molecule has 0 bridgehead atoms. The first-order valence-electron chi connectivity index (χ1n) is 11.6. The van der Waals surface area contributed by atoms with Gasteiger partial charge in [0.15, 0.2) is 0 Å². The van der Waals surface area contributed by atoms with Gasteiger partial charge in [0.25, 0.3) is 0 Å². The molecule has 4 rings (SSSR count). The molecule has 188 valence electrons. The summed E-state index contributed by atoms with van der Waals surface area (Å²) in [6.45, 7) is 1.58. The van der Waals surface area contributed by atoms with E-state index in [-0.39, 0.29) is 36.1 Å². The predicted octanol–water partition coefficient (Wildman–Crippen LogP) is 5.25. The Labute approximate surface area is 213 Å². The second-order valence-electron chi connectivity index (χ2n) is 9.32. The summed E-state index contributed by atoms with van der Waals surface area (Å²) in [5.74, 6) is -1.65. The highest BCUT2D eigenvalue weighted by Gasteiger charge is 2.35. The highest BCUT2D eigenvalue weighted by atomic mass is 35.5. The first kappa shape index (κ1) is 25.6. The van der Waals surface area contributed by atoms with Crippen molar-refractivity contribution in [1.82, 2.24) is 4.90 Å². The van der Waals surface area contributed by atoms with E-state index in [2.05, 4.69) is 0 Å². The van der Waals surface area contributed by atoms with Crippen LogP contribution in [0.3, 0.4) is 0 Å². The number of carboxylic acids is 1. The molecular weight excluding hydrogens is 488 g/mol. The number of rotatable bonds is 9. The lowest BCUT2D eigenvalue weighted by atomic mass is 9.91. The van der Waals surface area contributed by atoms with Gasteiger partial charge < -0.3 is 14.7 Å². The van der Waals surface area contributed by atoms with Crippen molar-refractivity contribution < 1.29 is 28.2 Å². The number of aliphatic carboxylic acids is 1. The van der Waals surface area contributed by atoms with E-state index in [0.29, 0.717) is 24.2 Å². The van der Waals surface area contributed by atoms with Gasteiger partial charge in [-0.1, -0.05) is 48.0 Å². The van der Waals surface area contributed by atoms with Crippen molar-refractivity contribution in [2.45, 2.75) is 38.2 Å². The van der Waals surface area contributed by atoms with Crippen LogP contribution in [0.15, 0.2) is 60.7 Å². The van der Waals surface area contributed by atoms with E-state index in [4.69, 9.17) is 16.3 Å². The minimum atomic E-state index is -1.13. The maximum Gasteiger partial charge on any atom is 0.323 e. The Morgan fingerprint density at radius 2 is 1.81 bits per heavy atom. The largest absolute Gasteiger partial charge is 0.487 e. The smallest absolute Gasteiger partial charge is 0.323 e. The van der Waals surface area contributed by atoms with Crippen molar-refractivity contribution >= 4 is 23.5 Å². The number of carboxylic acid groups (broad SMARTS) is 1. The maximum absolute atomic E-state index is 14.0. The molecule has 1 amide bonds. The van der Waals surface area contributed by atoms with Crippen LogP contribution in [-0.4, -0.2) is 40.6 Å². The Bertz CT molecular complexity index is 1300. The van der Waals surface area contributed by atoms with Gasteiger partial charge in [-0.2, -0.15) is 0 Å². The predicted molar refractivity (Wildman–Crippen MR) is 132 cm³/mol. The number of fused-ring (bicyclic) bond motifs is 1. The lowest BCUT2D eigenvalue weighted by molar-refractivity contribution is -0.144. The Morgan fingerprint density at radius 1 is 1.06 bits per heavy atom. The lowest BCUT2D eigenvalue weighted by Crippen LogP contribution is -2.38. The van der Waals surface area contributed by atoms with E-state index in [1.807, 2.05) is 13.0 Å². The number of ether oxygens (including phenoxy) is 1. The molecule has 5 nitrogen and oxygen atoms in total. The molecule has 0 saturated carbocycles. The summed E-state index contributed by atoms with van der Waals surface area (Å²) >= 11 is 5.79. The third-order valence-electron chi connectivity index (χ3n) is 6.25. The van der Waals surface area contributed by atoms with Crippen LogP contribution in [0.4, 0.5) is 8.78 Å². The van der Waals surface area contributed by atoms with Gasteiger partial charge in [0.05, 0.1) is 11.4 Å². The van der Waals surface area contributed by atoms with Gasteiger partial charge in [-0.3, -0.25) is 9.59 Å². The zero-order valence-corrected chi connectivity index (χ0v) is 20.5. The van der Waals surface area contributed by atoms with Crippen LogP contribution in [-0.2, 0) is 35.3 Å². The third kappa shape index (κ3) is 6.21. The maximum atomic E-state index is 14.0. The Kier molecular flexibility index (Phi) is 7.59. The van der Waals surface area contributed by atoms with Gasteiger partial charge in [0.1, 0.15) is 29.5 Å². The van der Waals surface area contributed by atoms with Crippen molar-refractivity contribution in [2.75, 3.05) is 13.1 Å². The second-order valence-corrected chi connectivity index (χ2v) is 9.73. The molecule has 1 aliphatic heterocycles. The monoisotopic (exact) mass is 513 g/mol. The standard InChI is InChI=1S/C28H26ClF2NO4/c1-28(15-19-6-8-22(29)24(31)13-19)16-21-12-18(7-9-25(21)36-28)14-26(33)32(17-27(34)35)11-10-20-4-2-3-5-23(20)30/h2-9,12-13H,10-11,14-17H2,1H3,(H,34,35)/t28-/m0/s1. The van der Waals surface area contributed by atoms with Crippen LogP contribution in [0.1, 0.15) is 29.2 Å². The summed E-state index contributed by atoms with van der Waals surface area (Å²) in [7, 11) is 0. The van der Waals surface area contributed by atoms with Crippen LogP contribution in [0.5, 0.6) is 5.75 Å². The fourth-order valence-electron chi connectivity index (χ4n) is 4.56. The highest BCUT2D eigenvalue weighted by Crippen LogP contribution is 2.38. The minimum Gasteiger partial charge on any atom is -0.487 e. The summed E-state index contributed by atoms with van der Waals surface area (Å²) in [6, 6.07) is 16.4. The lowest BCUT2D eigenvalue weighted by Gasteiger charge is -2.24. The van der Waals surface area contributed by atoms with Gasteiger partial charge in [-0.25, -0.2) is 8.78 Å². The summed E-state index contributed by atoms with van der Waals surface area (Å²) in [6.07, 6.45) is 1.28. The number of carbonyl (C=O) groups excluding carboxylic acids is 1. The summed E-state index contributed by atoms with van der Waals surface area (Å²) < 4.78 is 34.0. The van der Waals surface area contributed by atoms with E-state index < -0.39 is 23.9 Å². The molecule has 0 saturated heterocycles. The molecule has 1 aliphatic rings. The van der Waals surface area contributed by atoms with Crippen molar-refractivity contribution in [3.63, 3.8) is 0 Å². The molecule has 1 atom stereocenters. The van der Waals surface area contributed by atoms with E-state index >= 15 is 0 Å². The topological polar surface area (TPSA) is 66.8 Å². The van der Waals surface area contributed by atoms with Crippen LogP contribution in [0.25, 0.3) is 0 Å². The molecule has 0 radical (unpaired) electrons. The quantitative estimate of drug-likeness (QED) is 0.424. The molecule has 0 spiro atoms. The number of hydrogen-bond acceptors (Lipinski definition) is 3. The Morgan fingerprint density at radius 3 is 2.53 bits per heavy atom. The van der Waals surface area contributed by atoms with Crippen molar-refractivity contribution in [3.05, 3.63) is 99.6 Å². The van der Waals surface area contributed by atoms with Crippen LogP contribution < -0.4 is 4.74 Å². The van der Waals surface area contributed by atoms with Gasteiger partial charge in [-0.15, -0.1) is 0 Å². The Hall–Kier alpha value is -3.45. The first-order chi connectivity index (χ1) is 17.1. The average molecular weight is 514 g/mol. The first-order valence-corrected chi connectivity index (χ1v) is 12.0. The number of hydrogen-bond donors (Lipinski definition) is 1. The van der Waals surface area contributed by atoms with Crippen molar-refractivity contribution in [1.29, 1.82) is 0 Å². The van der Waals surface area contributed by atoms with Crippen LogP contribution in [0, 0.1) is 11.6 Å². The zero-order valence-electron chi connectivity index (χ0n) is 19.8. The SMILES string of the molecule is C[C@]1(Cc2ccc(Cl)c(F)c2)Cc2cc(CC(=O)N(CCc3ccccc3F)CC(=O)O)ccc2O1. The molecule has 8 heteroatoms. The fourth-order valence-corrected chi connectivity index (χ4v) is 4.68. The van der Waals surface area contributed by atoms with Gasteiger partial charge in [0.2, 0.25) is 5.91 Å². The summed E-state index contributed by atoms with van der Waals surface area (Å²) in [5, 5.41) is 9.34. The molecular formula is C28H26ClF2NO4. The fraction of sp³-hybridized carbons (Fsp3) is 0.286. The molecule has 0 aromatic heterocycles. The normalized spacial score (nSPS) is 16.3. The van der Waals surface area contributed by atoms with Crippen LogP contribution in [0.2, 0.25) is 5.02 Å². The van der Waals surface area contributed by atoms with Crippen LogP contribution >= 0.6 is 11.6 Å². The van der Waals surface area contributed by atoms with E-state index in [1.54, 1.807) is 36.4 Å².